The highest BCUT2D eigenvalue weighted by Gasteiger charge is 2.26. The normalized spacial score (nSPS) is 28.4. The summed E-state index contributed by atoms with van der Waals surface area (Å²) in [5, 5.41) is 3.56. The van der Waals surface area contributed by atoms with E-state index in [1.165, 1.54) is 77.8 Å². The lowest BCUT2D eigenvalue weighted by Crippen LogP contribution is -2.55. The van der Waals surface area contributed by atoms with Gasteiger partial charge in [0.2, 0.25) is 10.0 Å². The maximum absolute atomic E-state index is 11.3. The van der Waals surface area contributed by atoms with Crippen LogP contribution in [0.5, 0.6) is 0 Å². The minimum absolute atomic E-state index is 0.413. The van der Waals surface area contributed by atoms with Crippen LogP contribution in [0.3, 0.4) is 0 Å². The predicted molar refractivity (Wildman–Crippen MR) is 239 cm³/mol. The van der Waals surface area contributed by atoms with Crippen LogP contribution in [0.25, 0.3) is 0 Å². The molecule has 4 saturated heterocycles. The number of rotatable bonds is 13. The highest BCUT2D eigenvalue weighted by Crippen LogP contribution is 2.15. The van der Waals surface area contributed by atoms with Crippen molar-refractivity contribution in [1.29, 1.82) is 0 Å². The number of hydrogen-bond donors (Lipinski definition) is 1. The zero-order valence-corrected chi connectivity index (χ0v) is 40.1. The zero-order chi connectivity index (χ0) is 41.9. The third-order valence-corrected chi connectivity index (χ3v) is 12.8. The summed E-state index contributed by atoms with van der Waals surface area (Å²) < 4.78 is 29.8. The molecule has 10 nitrogen and oxygen atoms in total. The third kappa shape index (κ3) is 25.0. The van der Waals surface area contributed by atoms with Crippen molar-refractivity contribution < 1.29 is 13.2 Å². The number of morpholine rings is 1. The van der Waals surface area contributed by atoms with Crippen molar-refractivity contribution in [3.8, 4) is 0 Å². The molecule has 4 fully saturated rings. The molecule has 0 radical (unpaired) electrons. The summed E-state index contributed by atoms with van der Waals surface area (Å²) in [5.74, 6) is 3.20. The first-order valence-electron chi connectivity index (χ1n) is 22.5. The SMILES string of the molecule is CC(C)CCN1CCN(S(C)(=O)=O)CC1.CC(C)CCN1C[C@@H](C)N(C)[C@@H](C)C1.CC(C)CCN1C[C@@H](C)N[C@@H](C)C1.CC(C)CCN1C[C@@H](C)O[C@@H](C)C1. The third-order valence-electron chi connectivity index (χ3n) is 11.5. The fourth-order valence-electron chi connectivity index (χ4n) is 7.83. The Morgan fingerprint density at radius 1 is 0.527 bits per heavy atom. The van der Waals surface area contributed by atoms with Crippen LogP contribution in [0.15, 0.2) is 0 Å². The minimum Gasteiger partial charge on any atom is -0.373 e. The molecule has 0 bridgehead atoms. The molecule has 0 aliphatic carbocycles. The molecule has 0 saturated carbocycles. The van der Waals surface area contributed by atoms with E-state index >= 15 is 0 Å². The van der Waals surface area contributed by atoms with Gasteiger partial charge in [-0.3, -0.25) is 9.80 Å². The second kappa shape index (κ2) is 27.4. The summed E-state index contributed by atoms with van der Waals surface area (Å²) in [5.41, 5.74) is 0. The van der Waals surface area contributed by atoms with Crippen LogP contribution < -0.4 is 5.32 Å². The van der Waals surface area contributed by atoms with Gasteiger partial charge in [-0.05, 0) is 124 Å². The van der Waals surface area contributed by atoms with Crippen LogP contribution in [0.1, 0.15) is 123 Å². The Bertz CT molecular complexity index is 1000. The van der Waals surface area contributed by atoms with E-state index in [9.17, 15) is 8.42 Å². The highest BCUT2D eigenvalue weighted by molar-refractivity contribution is 7.88. The summed E-state index contributed by atoms with van der Waals surface area (Å²) >= 11 is 0. The van der Waals surface area contributed by atoms with Gasteiger partial charge in [-0.2, -0.15) is 4.31 Å². The van der Waals surface area contributed by atoms with E-state index in [0.29, 0.717) is 49.5 Å². The van der Waals surface area contributed by atoms with Gasteiger partial charge in [-0.1, -0.05) is 55.4 Å². The maximum atomic E-state index is 11.3. The van der Waals surface area contributed by atoms with Gasteiger partial charge in [-0.15, -0.1) is 0 Å². The summed E-state index contributed by atoms with van der Waals surface area (Å²) in [6.07, 6.45) is 7.28. The van der Waals surface area contributed by atoms with Crippen LogP contribution in [0.4, 0.5) is 0 Å². The van der Waals surface area contributed by atoms with Crippen LogP contribution >= 0.6 is 0 Å². The number of likely N-dealkylation sites (N-methyl/N-ethyl adjacent to an activating group) is 1. The van der Waals surface area contributed by atoms with Crippen LogP contribution in [-0.4, -0.2) is 179 Å². The van der Waals surface area contributed by atoms with E-state index < -0.39 is 10.0 Å². The van der Waals surface area contributed by atoms with Gasteiger partial charge >= 0.3 is 0 Å². The Kier molecular flexibility index (Phi) is 26.2. The quantitative estimate of drug-likeness (QED) is 0.224. The Morgan fingerprint density at radius 3 is 1.20 bits per heavy atom. The van der Waals surface area contributed by atoms with Gasteiger partial charge in [0.05, 0.1) is 18.5 Å². The monoisotopic (exact) mass is 802 g/mol. The molecule has 0 aromatic carbocycles. The van der Waals surface area contributed by atoms with Crippen LogP contribution in [0, 0.1) is 23.7 Å². The number of piperazine rings is 3. The number of hydrogen-bond acceptors (Lipinski definition) is 9. The van der Waals surface area contributed by atoms with Gasteiger partial charge in [0, 0.05) is 89.6 Å². The largest absolute Gasteiger partial charge is 0.373 e. The molecule has 0 unspecified atom stereocenters. The smallest absolute Gasteiger partial charge is 0.211 e. The molecule has 1 N–H and O–H groups in total. The molecular formula is C44H95N7O3S. The Hall–Kier alpha value is -0.370. The van der Waals surface area contributed by atoms with Gasteiger partial charge in [0.1, 0.15) is 0 Å². The molecule has 6 atom stereocenters. The predicted octanol–water partition coefficient (Wildman–Crippen LogP) is 6.52. The Labute approximate surface area is 343 Å². The first-order chi connectivity index (χ1) is 25.5. The molecule has 11 heteroatoms. The molecule has 4 rings (SSSR count). The van der Waals surface area contributed by atoms with Crippen LogP contribution in [-0.2, 0) is 14.8 Å². The van der Waals surface area contributed by atoms with Crippen LogP contribution in [0.2, 0.25) is 0 Å². The minimum atomic E-state index is -2.97. The fourth-order valence-corrected chi connectivity index (χ4v) is 8.66. The highest BCUT2D eigenvalue weighted by atomic mass is 32.2. The number of nitrogens with zero attached hydrogens (tertiary/aromatic N) is 6. The molecule has 0 aromatic rings. The van der Waals surface area contributed by atoms with Crippen molar-refractivity contribution in [2.45, 2.75) is 159 Å². The van der Waals surface area contributed by atoms with Crippen molar-refractivity contribution in [1.82, 2.24) is 34.1 Å². The van der Waals surface area contributed by atoms with Gasteiger partial charge < -0.3 is 24.8 Å². The van der Waals surface area contributed by atoms with Crippen molar-refractivity contribution in [3.63, 3.8) is 0 Å². The molecule has 0 aromatic heterocycles. The van der Waals surface area contributed by atoms with Gasteiger partial charge in [0.15, 0.2) is 0 Å². The average molecular weight is 802 g/mol. The van der Waals surface area contributed by atoms with Crippen molar-refractivity contribution in [2.24, 2.45) is 23.7 Å². The Balaban J connectivity index is 0.000000367. The molecule has 55 heavy (non-hydrogen) atoms. The number of nitrogens with one attached hydrogen (secondary N) is 1. The lowest BCUT2D eigenvalue weighted by molar-refractivity contribution is -0.0687. The fraction of sp³-hybridized carbons (Fsp3) is 1.00. The van der Waals surface area contributed by atoms with E-state index in [1.54, 1.807) is 4.31 Å². The molecule has 4 aliphatic rings. The standard InChI is InChI=1S/C12H26N2.C11H24N2.C11H23NO.C10H22N2O2S/c1-10(2)6-7-14-8-11(3)13(5)12(4)9-14;1-9(2)5-6-13-7-10(3)12-11(4)8-13;1-9(2)5-6-12-7-10(3)13-11(4)8-12;1-10(2)4-5-11-6-8-12(9-7-11)15(3,13)14/h10-12H,6-9H2,1-5H3;9-12H,5-8H2,1-4H3;9-11H,5-8H2,1-4H3;10H,4-9H2,1-3H3/t11-,12+;2*10-,11+;. The van der Waals surface area contributed by atoms with Crippen molar-refractivity contribution in [2.75, 3.05) is 105 Å². The molecule has 330 valence electrons. The number of sulfonamides is 1. The maximum Gasteiger partial charge on any atom is 0.211 e. The lowest BCUT2D eigenvalue weighted by Gasteiger charge is -2.42. The lowest BCUT2D eigenvalue weighted by atomic mass is 10.1. The average Bonchev–Trinajstić information content (AvgIpc) is 3.07. The molecule has 0 amide bonds. The van der Waals surface area contributed by atoms with E-state index in [2.05, 4.69) is 134 Å². The molecule has 4 heterocycles. The second-order valence-electron chi connectivity index (χ2n) is 19.6. The van der Waals surface area contributed by atoms with E-state index in [1.807, 2.05) is 0 Å². The van der Waals surface area contributed by atoms with E-state index in [4.69, 9.17) is 4.74 Å². The summed E-state index contributed by atoms with van der Waals surface area (Å²) in [4.78, 5) is 12.6. The molecular weight excluding hydrogens is 707 g/mol. The summed E-state index contributed by atoms with van der Waals surface area (Å²) in [6.45, 7) is 46.8. The second-order valence-corrected chi connectivity index (χ2v) is 21.6. The number of ether oxygens (including phenoxy) is 1. The van der Waals surface area contributed by atoms with Crippen molar-refractivity contribution in [3.05, 3.63) is 0 Å². The van der Waals surface area contributed by atoms with Gasteiger partial charge in [-0.25, -0.2) is 8.42 Å². The topological polar surface area (TPSA) is 74.8 Å². The van der Waals surface area contributed by atoms with Crippen molar-refractivity contribution >= 4 is 10.0 Å². The molecule has 0 spiro atoms. The summed E-state index contributed by atoms with van der Waals surface area (Å²) in [6, 6.07) is 2.75. The van der Waals surface area contributed by atoms with Gasteiger partial charge in [0.25, 0.3) is 0 Å². The first-order valence-corrected chi connectivity index (χ1v) is 24.4. The first kappa shape index (κ1) is 52.6. The van der Waals surface area contributed by atoms with E-state index in [0.717, 1.165) is 56.4 Å². The van der Waals surface area contributed by atoms with E-state index in [-0.39, 0.29) is 0 Å². The summed E-state index contributed by atoms with van der Waals surface area (Å²) in [7, 11) is -0.729. The Morgan fingerprint density at radius 2 is 0.855 bits per heavy atom. The zero-order valence-electron chi connectivity index (χ0n) is 39.3. The molecule has 4 aliphatic heterocycles.